The van der Waals surface area contributed by atoms with Crippen LogP contribution < -0.4 is 5.32 Å². The highest BCUT2D eigenvalue weighted by molar-refractivity contribution is 4.54. The highest BCUT2D eigenvalue weighted by atomic mass is 14.8. The Hall–Kier alpha value is -0.0400. The number of hydrogen-bond donors (Lipinski definition) is 1. The van der Waals surface area contributed by atoms with Crippen LogP contribution in [0.2, 0.25) is 0 Å². The van der Waals surface area contributed by atoms with Gasteiger partial charge in [-0.1, -0.05) is 19.8 Å². The molecule has 0 saturated heterocycles. The second kappa shape index (κ2) is 5.10. The maximum atomic E-state index is 3.20. The summed E-state index contributed by atoms with van der Waals surface area (Å²) in [5.41, 5.74) is 0. The van der Waals surface area contributed by atoms with E-state index in [-0.39, 0.29) is 1.43 Å². The zero-order chi connectivity index (χ0) is 6.41. The third-order valence-electron chi connectivity index (χ3n) is 1.48. The lowest BCUT2D eigenvalue weighted by Crippen LogP contribution is -2.20. The number of hydrogen-bond acceptors (Lipinski definition) is 1. The average Bonchev–Trinajstić information content (AvgIpc) is 1.83. The van der Waals surface area contributed by atoms with Crippen molar-refractivity contribution in [2.75, 3.05) is 7.05 Å². The maximum absolute atomic E-state index is 3.20. The Bertz CT molecular complexity index is 48.2. The summed E-state index contributed by atoms with van der Waals surface area (Å²) in [5.74, 6) is 0. The molecular formula is C7H19N. The normalized spacial score (nSPS) is 13.9. The van der Waals surface area contributed by atoms with Gasteiger partial charge < -0.3 is 5.32 Å². The minimum atomic E-state index is 0. The van der Waals surface area contributed by atoms with Gasteiger partial charge in [-0.15, -0.1) is 0 Å². The van der Waals surface area contributed by atoms with Crippen molar-refractivity contribution >= 4 is 0 Å². The van der Waals surface area contributed by atoms with Crippen LogP contribution in [0.1, 0.15) is 34.5 Å². The van der Waals surface area contributed by atoms with Gasteiger partial charge in [0.2, 0.25) is 0 Å². The van der Waals surface area contributed by atoms with Crippen LogP contribution in [0.25, 0.3) is 0 Å². The van der Waals surface area contributed by atoms with Gasteiger partial charge in [-0.2, -0.15) is 0 Å². The standard InChI is InChI=1S/C7H17N.H2/c1-4-5-6-7(2)8-3;/h7-8H,4-6H2,1-3H3;1H/t7-;/m0./s1. The first-order valence-corrected chi connectivity index (χ1v) is 3.48. The number of unbranched alkanes of at least 4 members (excludes halogenated alkanes) is 1. The molecule has 0 aliphatic rings. The number of rotatable bonds is 4. The van der Waals surface area contributed by atoms with Gasteiger partial charge >= 0.3 is 0 Å². The van der Waals surface area contributed by atoms with E-state index < -0.39 is 0 Å². The Balaban J connectivity index is 0. The summed E-state index contributed by atoms with van der Waals surface area (Å²) in [7, 11) is 2.01. The molecule has 0 unspecified atom stereocenters. The van der Waals surface area contributed by atoms with Crippen LogP contribution in [-0.4, -0.2) is 13.1 Å². The summed E-state index contributed by atoms with van der Waals surface area (Å²) in [6.45, 7) is 4.44. The van der Waals surface area contributed by atoms with Crippen molar-refractivity contribution in [1.29, 1.82) is 0 Å². The van der Waals surface area contributed by atoms with E-state index in [0.717, 1.165) is 0 Å². The van der Waals surface area contributed by atoms with Gasteiger partial charge in [-0.3, -0.25) is 0 Å². The predicted octanol–water partition coefficient (Wildman–Crippen LogP) is 2.03. The Morgan fingerprint density at radius 3 is 2.62 bits per heavy atom. The highest BCUT2D eigenvalue weighted by Crippen LogP contribution is 1.97. The molecule has 1 heteroatoms. The summed E-state index contributed by atoms with van der Waals surface area (Å²) in [5, 5.41) is 3.20. The summed E-state index contributed by atoms with van der Waals surface area (Å²) in [6.07, 6.45) is 3.97. The second-order valence-electron chi connectivity index (χ2n) is 2.33. The van der Waals surface area contributed by atoms with E-state index in [1.165, 1.54) is 19.3 Å². The fourth-order valence-corrected chi connectivity index (χ4v) is 0.655. The van der Waals surface area contributed by atoms with Gasteiger partial charge in [0.1, 0.15) is 0 Å². The van der Waals surface area contributed by atoms with Crippen molar-refractivity contribution in [3.63, 3.8) is 0 Å². The lowest BCUT2D eigenvalue weighted by Gasteiger charge is -2.06. The van der Waals surface area contributed by atoms with Gasteiger partial charge in [0.05, 0.1) is 0 Å². The van der Waals surface area contributed by atoms with Crippen molar-refractivity contribution in [3.8, 4) is 0 Å². The van der Waals surface area contributed by atoms with E-state index in [1.807, 2.05) is 7.05 Å². The van der Waals surface area contributed by atoms with Crippen LogP contribution >= 0.6 is 0 Å². The van der Waals surface area contributed by atoms with Gasteiger partial charge in [-0.25, -0.2) is 0 Å². The molecule has 1 nitrogen and oxygen atoms in total. The molecule has 0 aromatic rings. The SMILES string of the molecule is CCCC[C@H](C)NC.[HH]. The molecule has 52 valence electrons. The lowest BCUT2D eigenvalue weighted by atomic mass is 10.1. The molecule has 0 spiro atoms. The maximum Gasteiger partial charge on any atom is 0.00357 e. The smallest absolute Gasteiger partial charge is 0.00357 e. The molecule has 0 aliphatic heterocycles. The second-order valence-corrected chi connectivity index (χ2v) is 2.33. The summed E-state index contributed by atoms with van der Waals surface area (Å²) in [6, 6.07) is 0.704. The first kappa shape index (κ1) is 7.96. The van der Waals surface area contributed by atoms with E-state index in [4.69, 9.17) is 0 Å². The molecule has 0 radical (unpaired) electrons. The van der Waals surface area contributed by atoms with Gasteiger partial charge in [-0.05, 0) is 20.4 Å². The minimum Gasteiger partial charge on any atom is -0.317 e. The van der Waals surface area contributed by atoms with Crippen molar-refractivity contribution in [2.45, 2.75) is 39.2 Å². The van der Waals surface area contributed by atoms with Crippen molar-refractivity contribution in [2.24, 2.45) is 0 Å². The zero-order valence-electron chi connectivity index (χ0n) is 6.20. The van der Waals surface area contributed by atoms with Crippen LogP contribution in [0.4, 0.5) is 0 Å². The van der Waals surface area contributed by atoms with Crippen LogP contribution in [-0.2, 0) is 0 Å². The van der Waals surface area contributed by atoms with E-state index in [1.54, 1.807) is 0 Å². The molecule has 0 bridgehead atoms. The van der Waals surface area contributed by atoms with E-state index in [9.17, 15) is 0 Å². The molecule has 0 aliphatic carbocycles. The monoisotopic (exact) mass is 117 g/mol. The van der Waals surface area contributed by atoms with Gasteiger partial charge in [0, 0.05) is 7.47 Å². The average molecular weight is 117 g/mol. The van der Waals surface area contributed by atoms with Crippen molar-refractivity contribution in [1.82, 2.24) is 5.32 Å². The highest BCUT2D eigenvalue weighted by Gasteiger charge is 1.93. The Labute approximate surface area is 54.0 Å². The molecule has 1 atom stereocenters. The minimum absolute atomic E-state index is 0. The summed E-state index contributed by atoms with van der Waals surface area (Å²) >= 11 is 0. The van der Waals surface area contributed by atoms with Gasteiger partial charge in [0.25, 0.3) is 0 Å². The Morgan fingerprint density at radius 1 is 1.62 bits per heavy atom. The van der Waals surface area contributed by atoms with Crippen LogP contribution in [0.3, 0.4) is 0 Å². The zero-order valence-corrected chi connectivity index (χ0v) is 6.20. The summed E-state index contributed by atoms with van der Waals surface area (Å²) in [4.78, 5) is 0. The van der Waals surface area contributed by atoms with E-state index in [0.29, 0.717) is 6.04 Å². The van der Waals surface area contributed by atoms with Crippen molar-refractivity contribution < 1.29 is 1.43 Å². The summed E-state index contributed by atoms with van der Waals surface area (Å²) < 4.78 is 0. The predicted molar refractivity (Wildman–Crippen MR) is 40.2 cm³/mol. The Morgan fingerprint density at radius 2 is 2.25 bits per heavy atom. The van der Waals surface area contributed by atoms with E-state index >= 15 is 0 Å². The fraction of sp³-hybridized carbons (Fsp3) is 1.00. The Kier molecular flexibility index (Phi) is 5.08. The van der Waals surface area contributed by atoms with Crippen molar-refractivity contribution in [3.05, 3.63) is 0 Å². The molecule has 0 fully saturated rings. The molecular weight excluding hydrogens is 98.1 g/mol. The van der Waals surface area contributed by atoms with Crippen LogP contribution in [0.5, 0.6) is 0 Å². The molecule has 0 heterocycles. The third-order valence-corrected chi connectivity index (χ3v) is 1.48. The van der Waals surface area contributed by atoms with Crippen LogP contribution in [0.15, 0.2) is 0 Å². The van der Waals surface area contributed by atoms with E-state index in [2.05, 4.69) is 19.2 Å². The quantitative estimate of drug-likeness (QED) is 0.594. The molecule has 0 aromatic heterocycles. The first-order chi connectivity index (χ1) is 3.81. The lowest BCUT2D eigenvalue weighted by molar-refractivity contribution is 0.537. The molecule has 0 rings (SSSR count). The van der Waals surface area contributed by atoms with Gasteiger partial charge in [0.15, 0.2) is 0 Å². The topological polar surface area (TPSA) is 12.0 Å². The molecule has 8 heavy (non-hydrogen) atoms. The largest absolute Gasteiger partial charge is 0.317 e. The fourth-order valence-electron chi connectivity index (χ4n) is 0.655. The molecule has 0 aromatic carbocycles. The van der Waals surface area contributed by atoms with Crippen LogP contribution in [0, 0.1) is 0 Å². The molecule has 0 saturated carbocycles. The molecule has 0 amide bonds. The molecule has 1 N–H and O–H groups in total. The first-order valence-electron chi connectivity index (χ1n) is 3.48. The number of nitrogens with one attached hydrogen (secondary N) is 1. The third kappa shape index (κ3) is 4.13.